The second-order valence-corrected chi connectivity index (χ2v) is 5.81. The molecule has 21 heavy (non-hydrogen) atoms. The molecule has 1 rings (SSSR count). The number of hydrogen-bond donors (Lipinski definition) is 4. The van der Waals surface area contributed by atoms with Gasteiger partial charge in [-0.25, -0.2) is 0 Å². The lowest BCUT2D eigenvalue weighted by Gasteiger charge is -2.31. The molecule has 0 heterocycles. The van der Waals surface area contributed by atoms with E-state index >= 15 is 0 Å². The lowest BCUT2D eigenvalue weighted by atomic mass is 9.94. The molecule has 4 nitrogen and oxygen atoms in total. The van der Waals surface area contributed by atoms with Gasteiger partial charge in [0.25, 0.3) is 0 Å². The van der Waals surface area contributed by atoms with Crippen molar-refractivity contribution >= 4 is 12.4 Å². The molecule has 0 aromatic heterocycles. The van der Waals surface area contributed by atoms with Gasteiger partial charge in [0.1, 0.15) is 18.3 Å². The van der Waals surface area contributed by atoms with Crippen LogP contribution < -0.4 is 5.32 Å². The van der Waals surface area contributed by atoms with Crippen LogP contribution in [-0.4, -0.2) is 46.2 Å². The monoisotopic (exact) mass is 321 g/mol. The number of aliphatic hydroxyl groups excluding tert-OH is 3. The molecular weight excluding hydrogens is 290 g/mol. The minimum atomic E-state index is -1.09. The number of hydrogen-bond acceptors (Lipinski definition) is 4. The Labute approximate surface area is 135 Å². The van der Waals surface area contributed by atoms with Gasteiger partial charge in [-0.2, -0.15) is 0 Å². The van der Waals surface area contributed by atoms with E-state index in [2.05, 4.69) is 12.2 Å². The number of aliphatic hydroxyl groups is 3. The summed E-state index contributed by atoms with van der Waals surface area (Å²) in [6.07, 6.45) is 10.5. The summed E-state index contributed by atoms with van der Waals surface area (Å²) in [5.74, 6) is 0. The first kappa shape index (κ1) is 20.9. The third kappa shape index (κ3) is 8.17. The van der Waals surface area contributed by atoms with Crippen LogP contribution >= 0.6 is 12.4 Å². The fourth-order valence-corrected chi connectivity index (χ4v) is 2.59. The fraction of sp³-hybridized carbons (Fsp3) is 0.875. The maximum atomic E-state index is 9.81. The minimum absolute atomic E-state index is 0. The van der Waals surface area contributed by atoms with Gasteiger partial charge in [-0.05, 0) is 13.0 Å². The van der Waals surface area contributed by atoms with Crippen molar-refractivity contribution in [3.63, 3.8) is 0 Å². The lowest BCUT2D eigenvalue weighted by Crippen LogP contribution is -2.52. The average molecular weight is 322 g/mol. The SMILES string of the molecule is CCCCCCCCCCN[C@H]1C=C[C@@H](O)[C@@H](O)[C@@H]1O.Cl. The van der Waals surface area contributed by atoms with Crippen LogP contribution in [-0.2, 0) is 0 Å². The molecule has 0 amide bonds. The Morgan fingerprint density at radius 2 is 1.38 bits per heavy atom. The van der Waals surface area contributed by atoms with Crippen LogP contribution in [0.4, 0.5) is 0 Å². The first-order valence-electron chi connectivity index (χ1n) is 8.12. The van der Waals surface area contributed by atoms with Crippen LogP contribution in [0.2, 0.25) is 0 Å². The molecular formula is C16H32ClNO3. The number of unbranched alkanes of at least 4 members (excludes halogenated alkanes) is 7. The van der Waals surface area contributed by atoms with Crippen molar-refractivity contribution < 1.29 is 15.3 Å². The molecule has 5 heteroatoms. The van der Waals surface area contributed by atoms with Crippen LogP contribution in [0.15, 0.2) is 12.2 Å². The molecule has 0 radical (unpaired) electrons. The predicted molar refractivity (Wildman–Crippen MR) is 88.8 cm³/mol. The maximum Gasteiger partial charge on any atom is 0.111 e. The molecule has 0 bridgehead atoms. The number of rotatable bonds is 10. The Hall–Kier alpha value is -0.130. The van der Waals surface area contributed by atoms with Gasteiger partial charge in [-0.1, -0.05) is 64.0 Å². The van der Waals surface area contributed by atoms with Crippen LogP contribution in [0, 0.1) is 0 Å². The van der Waals surface area contributed by atoms with Crippen molar-refractivity contribution in [2.45, 2.75) is 82.6 Å². The number of nitrogens with one attached hydrogen (secondary N) is 1. The molecule has 1 aliphatic carbocycles. The van der Waals surface area contributed by atoms with Crippen molar-refractivity contribution in [1.82, 2.24) is 5.32 Å². The van der Waals surface area contributed by atoms with Gasteiger partial charge >= 0.3 is 0 Å². The van der Waals surface area contributed by atoms with E-state index in [0.29, 0.717) is 0 Å². The average Bonchev–Trinajstić information content (AvgIpc) is 2.45. The highest BCUT2D eigenvalue weighted by Crippen LogP contribution is 2.14. The summed E-state index contributed by atoms with van der Waals surface area (Å²) in [6, 6.07) is -0.252. The van der Waals surface area contributed by atoms with Crippen LogP contribution in [0.5, 0.6) is 0 Å². The van der Waals surface area contributed by atoms with Gasteiger partial charge in [0.15, 0.2) is 0 Å². The Bertz CT molecular complexity index is 276. The zero-order chi connectivity index (χ0) is 14.8. The van der Waals surface area contributed by atoms with Gasteiger partial charge in [-0.3, -0.25) is 0 Å². The Morgan fingerprint density at radius 3 is 2.00 bits per heavy atom. The van der Waals surface area contributed by atoms with E-state index in [1.165, 1.54) is 44.9 Å². The summed E-state index contributed by atoms with van der Waals surface area (Å²) in [5.41, 5.74) is 0. The van der Waals surface area contributed by atoms with Crippen LogP contribution in [0.25, 0.3) is 0 Å². The van der Waals surface area contributed by atoms with Crippen molar-refractivity contribution in [2.24, 2.45) is 0 Å². The van der Waals surface area contributed by atoms with Gasteiger partial charge in [0.2, 0.25) is 0 Å². The Morgan fingerprint density at radius 1 is 0.810 bits per heavy atom. The zero-order valence-corrected chi connectivity index (χ0v) is 13.9. The molecule has 126 valence electrons. The molecule has 0 aromatic carbocycles. The first-order chi connectivity index (χ1) is 9.66. The molecule has 0 saturated carbocycles. The van der Waals surface area contributed by atoms with E-state index in [0.717, 1.165) is 13.0 Å². The van der Waals surface area contributed by atoms with E-state index in [9.17, 15) is 15.3 Å². The summed E-state index contributed by atoms with van der Waals surface area (Å²) < 4.78 is 0. The van der Waals surface area contributed by atoms with E-state index in [4.69, 9.17) is 0 Å². The third-order valence-electron chi connectivity index (χ3n) is 3.99. The van der Waals surface area contributed by atoms with Crippen molar-refractivity contribution in [3.05, 3.63) is 12.2 Å². The normalized spacial score (nSPS) is 28.4. The molecule has 0 fully saturated rings. The topological polar surface area (TPSA) is 72.7 Å². The highest BCUT2D eigenvalue weighted by atomic mass is 35.5. The third-order valence-corrected chi connectivity index (χ3v) is 3.99. The van der Waals surface area contributed by atoms with Crippen molar-refractivity contribution in [3.8, 4) is 0 Å². The van der Waals surface area contributed by atoms with E-state index in [-0.39, 0.29) is 18.4 Å². The Kier molecular flexibility index (Phi) is 12.3. The van der Waals surface area contributed by atoms with E-state index in [1.807, 2.05) is 0 Å². The van der Waals surface area contributed by atoms with Crippen LogP contribution in [0.1, 0.15) is 58.3 Å². The van der Waals surface area contributed by atoms with Gasteiger partial charge < -0.3 is 20.6 Å². The summed E-state index contributed by atoms with van der Waals surface area (Å²) in [7, 11) is 0. The first-order valence-corrected chi connectivity index (χ1v) is 8.12. The zero-order valence-electron chi connectivity index (χ0n) is 13.1. The lowest BCUT2D eigenvalue weighted by molar-refractivity contribution is -0.0564. The van der Waals surface area contributed by atoms with Gasteiger partial charge in [0.05, 0.1) is 6.04 Å². The molecule has 0 saturated heterocycles. The largest absolute Gasteiger partial charge is 0.388 e. The molecule has 4 N–H and O–H groups in total. The molecule has 1 aliphatic rings. The Balaban J connectivity index is 0.00000400. The number of halogens is 1. The highest BCUT2D eigenvalue weighted by Gasteiger charge is 2.32. The smallest absolute Gasteiger partial charge is 0.111 e. The fourth-order valence-electron chi connectivity index (χ4n) is 2.59. The van der Waals surface area contributed by atoms with Crippen molar-refractivity contribution in [2.75, 3.05) is 6.54 Å². The van der Waals surface area contributed by atoms with Gasteiger partial charge in [-0.15, -0.1) is 12.4 Å². The molecule has 0 unspecified atom stereocenters. The second kappa shape index (κ2) is 12.4. The molecule has 0 spiro atoms. The summed E-state index contributed by atoms with van der Waals surface area (Å²) in [5, 5.41) is 32.0. The summed E-state index contributed by atoms with van der Waals surface area (Å²) in [4.78, 5) is 0. The van der Waals surface area contributed by atoms with Crippen LogP contribution in [0.3, 0.4) is 0 Å². The van der Waals surface area contributed by atoms with Crippen molar-refractivity contribution in [1.29, 1.82) is 0 Å². The summed E-state index contributed by atoms with van der Waals surface area (Å²) in [6.45, 7) is 3.07. The molecule has 0 aromatic rings. The molecule has 4 atom stereocenters. The minimum Gasteiger partial charge on any atom is -0.388 e. The van der Waals surface area contributed by atoms with E-state index < -0.39 is 18.3 Å². The standard InChI is InChI=1S/C16H31NO3.ClH/c1-2-3-4-5-6-7-8-9-12-17-13-10-11-14(18)16(20)15(13)19;/h10-11,13-20H,2-9,12H2,1H3;1H/t13-,14+,15+,16+;/m0./s1. The quantitative estimate of drug-likeness (QED) is 0.367. The second-order valence-electron chi connectivity index (χ2n) is 5.81. The maximum absolute atomic E-state index is 9.81. The predicted octanol–water partition coefficient (Wildman–Crippen LogP) is 2.16. The van der Waals surface area contributed by atoms with Gasteiger partial charge in [0, 0.05) is 0 Å². The summed E-state index contributed by atoms with van der Waals surface area (Å²) >= 11 is 0. The highest BCUT2D eigenvalue weighted by molar-refractivity contribution is 5.85. The molecule has 0 aliphatic heterocycles. The van der Waals surface area contributed by atoms with E-state index in [1.54, 1.807) is 12.2 Å².